The van der Waals surface area contributed by atoms with Crippen LogP contribution in [0.15, 0.2) is 12.1 Å². The third-order valence-electron chi connectivity index (χ3n) is 4.80. The molecular formula is C15H21ClN2O. The highest BCUT2D eigenvalue weighted by molar-refractivity contribution is 6.31. The van der Waals surface area contributed by atoms with Crippen LogP contribution in [0.1, 0.15) is 37.8 Å². The van der Waals surface area contributed by atoms with Crippen LogP contribution < -0.4 is 4.90 Å². The molecule has 1 aliphatic carbocycles. The first-order valence-corrected chi connectivity index (χ1v) is 7.55. The van der Waals surface area contributed by atoms with Crippen LogP contribution in [-0.4, -0.2) is 29.3 Å². The average molecular weight is 281 g/mol. The molecule has 104 valence electrons. The number of aliphatic hydroxyl groups is 1. The van der Waals surface area contributed by atoms with E-state index in [2.05, 4.69) is 9.88 Å². The van der Waals surface area contributed by atoms with Crippen molar-refractivity contribution < 1.29 is 5.11 Å². The molecule has 1 spiro atoms. The van der Waals surface area contributed by atoms with E-state index < -0.39 is 0 Å². The standard InChI is InChI=1S/C15H21ClN2O/c1-11-12(16)5-6-14(17-11)18-9-3-8-15(10-18)7-2-4-13(15)19/h5-6,13,19H,2-4,7-10H2,1H3/t13-,15-/m1/s1. The van der Waals surface area contributed by atoms with E-state index in [1.165, 1.54) is 0 Å². The maximum absolute atomic E-state index is 10.3. The summed E-state index contributed by atoms with van der Waals surface area (Å²) in [5, 5.41) is 11.0. The fourth-order valence-corrected chi connectivity index (χ4v) is 3.76. The third-order valence-corrected chi connectivity index (χ3v) is 5.20. The molecule has 2 fully saturated rings. The molecule has 0 amide bonds. The minimum Gasteiger partial charge on any atom is -0.392 e. The second kappa shape index (κ2) is 4.95. The van der Waals surface area contributed by atoms with Gasteiger partial charge in [-0.1, -0.05) is 18.0 Å². The number of piperidine rings is 1. The van der Waals surface area contributed by atoms with Crippen LogP contribution in [0.2, 0.25) is 5.02 Å². The van der Waals surface area contributed by atoms with Gasteiger partial charge in [-0.25, -0.2) is 4.98 Å². The molecular weight excluding hydrogens is 260 g/mol. The number of halogens is 1. The monoisotopic (exact) mass is 280 g/mol. The molecule has 2 aliphatic rings. The fraction of sp³-hybridized carbons (Fsp3) is 0.667. The Kier molecular flexibility index (Phi) is 3.44. The van der Waals surface area contributed by atoms with Crippen molar-refractivity contribution in [3.63, 3.8) is 0 Å². The minimum absolute atomic E-state index is 0.105. The predicted octanol–water partition coefficient (Wildman–Crippen LogP) is 3.17. The lowest BCUT2D eigenvalue weighted by Crippen LogP contribution is -2.47. The van der Waals surface area contributed by atoms with Gasteiger partial charge in [-0.3, -0.25) is 0 Å². The number of hydrogen-bond donors (Lipinski definition) is 1. The normalized spacial score (nSPS) is 31.1. The molecule has 0 unspecified atom stereocenters. The molecule has 1 N–H and O–H groups in total. The molecule has 0 radical (unpaired) electrons. The highest BCUT2D eigenvalue weighted by atomic mass is 35.5. The van der Waals surface area contributed by atoms with Gasteiger partial charge in [0.2, 0.25) is 0 Å². The fourth-order valence-electron chi connectivity index (χ4n) is 3.66. The molecule has 3 rings (SSSR count). The van der Waals surface area contributed by atoms with Crippen LogP contribution >= 0.6 is 11.6 Å². The molecule has 1 aliphatic heterocycles. The van der Waals surface area contributed by atoms with E-state index in [9.17, 15) is 5.11 Å². The van der Waals surface area contributed by atoms with Crippen molar-refractivity contribution in [2.45, 2.75) is 45.1 Å². The zero-order chi connectivity index (χ0) is 13.5. The Morgan fingerprint density at radius 2 is 2.16 bits per heavy atom. The summed E-state index contributed by atoms with van der Waals surface area (Å²) < 4.78 is 0. The van der Waals surface area contributed by atoms with Gasteiger partial charge in [0.15, 0.2) is 0 Å². The van der Waals surface area contributed by atoms with E-state index >= 15 is 0 Å². The van der Waals surface area contributed by atoms with E-state index in [1.807, 2.05) is 19.1 Å². The summed E-state index contributed by atoms with van der Waals surface area (Å²) in [6, 6.07) is 3.92. The summed E-state index contributed by atoms with van der Waals surface area (Å²) in [5.74, 6) is 1.00. The van der Waals surface area contributed by atoms with Crippen LogP contribution in [0, 0.1) is 12.3 Å². The lowest BCUT2D eigenvalue weighted by Gasteiger charge is -2.43. The molecule has 19 heavy (non-hydrogen) atoms. The smallest absolute Gasteiger partial charge is 0.128 e. The Hall–Kier alpha value is -0.800. The summed E-state index contributed by atoms with van der Waals surface area (Å²) >= 11 is 6.04. The van der Waals surface area contributed by atoms with Crippen LogP contribution in [0.5, 0.6) is 0 Å². The molecule has 2 heterocycles. The van der Waals surface area contributed by atoms with Crippen LogP contribution in [0.3, 0.4) is 0 Å². The van der Waals surface area contributed by atoms with E-state index in [-0.39, 0.29) is 11.5 Å². The number of aryl methyl sites for hydroxylation is 1. The largest absolute Gasteiger partial charge is 0.392 e. The van der Waals surface area contributed by atoms with E-state index in [4.69, 9.17) is 11.6 Å². The summed E-state index contributed by atoms with van der Waals surface area (Å²) in [6.45, 7) is 3.90. The summed E-state index contributed by atoms with van der Waals surface area (Å²) in [6.07, 6.45) is 5.42. The molecule has 1 saturated carbocycles. The van der Waals surface area contributed by atoms with Crippen LogP contribution in [0.25, 0.3) is 0 Å². The van der Waals surface area contributed by atoms with E-state index in [1.54, 1.807) is 0 Å². The lowest BCUT2D eigenvalue weighted by molar-refractivity contribution is 0.0408. The van der Waals surface area contributed by atoms with Gasteiger partial charge >= 0.3 is 0 Å². The van der Waals surface area contributed by atoms with Gasteiger partial charge in [0, 0.05) is 18.5 Å². The lowest BCUT2D eigenvalue weighted by atomic mass is 9.77. The Labute approximate surface area is 119 Å². The van der Waals surface area contributed by atoms with Gasteiger partial charge in [0.1, 0.15) is 5.82 Å². The molecule has 1 aromatic rings. The summed E-state index contributed by atoms with van der Waals surface area (Å²) in [7, 11) is 0. The van der Waals surface area contributed by atoms with Crippen molar-refractivity contribution in [3.05, 3.63) is 22.8 Å². The van der Waals surface area contributed by atoms with Crippen molar-refractivity contribution in [2.75, 3.05) is 18.0 Å². The summed E-state index contributed by atoms with van der Waals surface area (Å²) in [5.41, 5.74) is 0.985. The van der Waals surface area contributed by atoms with Crippen LogP contribution in [-0.2, 0) is 0 Å². The van der Waals surface area contributed by atoms with Gasteiger partial charge in [-0.05, 0) is 44.7 Å². The molecule has 0 aromatic carbocycles. The molecule has 1 aromatic heterocycles. The zero-order valence-electron chi connectivity index (χ0n) is 11.4. The van der Waals surface area contributed by atoms with Crippen molar-refractivity contribution >= 4 is 17.4 Å². The molecule has 2 atom stereocenters. The number of aliphatic hydroxyl groups excluding tert-OH is 1. The predicted molar refractivity (Wildman–Crippen MR) is 77.7 cm³/mol. The highest BCUT2D eigenvalue weighted by Gasteiger charge is 2.44. The number of nitrogens with zero attached hydrogens (tertiary/aromatic N) is 2. The Balaban J connectivity index is 1.83. The molecule has 0 bridgehead atoms. The first-order valence-electron chi connectivity index (χ1n) is 7.17. The Morgan fingerprint density at radius 1 is 1.37 bits per heavy atom. The van der Waals surface area contributed by atoms with E-state index in [0.29, 0.717) is 0 Å². The highest BCUT2D eigenvalue weighted by Crippen LogP contribution is 2.45. The van der Waals surface area contributed by atoms with Gasteiger partial charge in [-0.2, -0.15) is 0 Å². The van der Waals surface area contributed by atoms with Gasteiger partial charge in [-0.15, -0.1) is 0 Å². The van der Waals surface area contributed by atoms with Gasteiger partial charge in [0.05, 0.1) is 16.8 Å². The first-order chi connectivity index (χ1) is 9.11. The minimum atomic E-state index is -0.135. The SMILES string of the molecule is Cc1nc(N2CCC[C@]3(CCC[C@H]3O)C2)ccc1Cl. The van der Waals surface area contributed by atoms with Crippen LogP contribution in [0.4, 0.5) is 5.82 Å². The Morgan fingerprint density at radius 3 is 2.84 bits per heavy atom. The van der Waals surface area contributed by atoms with Crippen molar-refractivity contribution in [1.82, 2.24) is 4.98 Å². The van der Waals surface area contributed by atoms with E-state index in [0.717, 1.165) is 61.7 Å². The molecule has 3 nitrogen and oxygen atoms in total. The quantitative estimate of drug-likeness (QED) is 0.858. The van der Waals surface area contributed by atoms with Crippen molar-refractivity contribution in [3.8, 4) is 0 Å². The van der Waals surface area contributed by atoms with Crippen molar-refractivity contribution in [2.24, 2.45) is 5.41 Å². The topological polar surface area (TPSA) is 36.4 Å². The molecule has 1 saturated heterocycles. The number of aromatic nitrogens is 1. The van der Waals surface area contributed by atoms with Gasteiger partial charge < -0.3 is 10.0 Å². The maximum Gasteiger partial charge on any atom is 0.128 e. The second-order valence-electron chi connectivity index (χ2n) is 6.03. The number of pyridine rings is 1. The Bertz CT molecular complexity index is 479. The number of anilines is 1. The first kappa shape index (κ1) is 13.2. The number of rotatable bonds is 1. The zero-order valence-corrected chi connectivity index (χ0v) is 12.2. The third kappa shape index (κ3) is 2.34. The maximum atomic E-state index is 10.3. The second-order valence-corrected chi connectivity index (χ2v) is 6.44. The average Bonchev–Trinajstić information content (AvgIpc) is 2.74. The number of hydrogen-bond acceptors (Lipinski definition) is 3. The molecule has 4 heteroatoms. The summed E-state index contributed by atoms with van der Waals surface area (Å²) in [4.78, 5) is 6.91. The van der Waals surface area contributed by atoms with Gasteiger partial charge in [0.25, 0.3) is 0 Å². The van der Waals surface area contributed by atoms with Crippen molar-refractivity contribution in [1.29, 1.82) is 0 Å².